The quantitative estimate of drug-likeness (QED) is 0.879. The topological polar surface area (TPSA) is 66.3 Å². The summed E-state index contributed by atoms with van der Waals surface area (Å²) < 4.78 is 13.1. The molecule has 1 heterocycles. The van der Waals surface area contributed by atoms with E-state index in [0.29, 0.717) is 18.2 Å². The highest BCUT2D eigenvalue weighted by Crippen LogP contribution is 2.19. The molecule has 0 spiro atoms. The minimum atomic E-state index is -0.881. The molecule has 0 atom stereocenters. The normalized spacial score (nSPS) is 10.4. The summed E-state index contributed by atoms with van der Waals surface area (Å²) in [7, 11) is 0. The molecule has 0 unspecified atom stereocenters. The molecular formula is C12H12FN3O2S. The van der Waals surface area contributed by atoms with Gasteiger partial charge < -0.3 is 10.0 Å². The van der Waals surface area contributed by atoms with E-state index in [9.17, 15) is 9.18 Å². The average molecular weight is 281 g/mol. The second kappa shape index (κ2) is 6.24. The molecule has 0 radical (unpaired) electrons. The Balaban J connectivity index is 2.11. The van der Waals surface area contributed by atoms with E-state index in [0.717, 1.165) is 5.56 Å². The Kier molecular flexibility index (Phi) is 4.40. The average Bonchev–Trinajstić information content (AvgIpc) is 2.88. The van der Waals surface area contributed by atoms with Crippen LogP contribution in [0, 0.1) is 5.82 Å². The molecule has 1 aromatic heterocycles. The predicted octanol–water partition coefficient (Wildman–Crippen LogP) is 2.16. The first-order chi connectivity index (χ1) is 9.15. The van der Waals surface area contributed by atoms with E-state index >= 15 is 0 Å². The molecular weight excluding hydrogens is 269 g/mol. The summed E-state index contributed by atoms with van der Waals surface area (Å²) in [5.41, 5.74) is 2.34. The van der Waals surface area contributed by atoms with Crippen LogP contribution in [0.15, 0.2) is 29.8 Å². The molecule has 1 N–H and O–H groups in total. The Bertz CT molecular complexity index is 548. The summed E-state index contributed by atoms with van der Waals surface area (Å²) >= 11 is 1.32. The van der Waals surface area contributed by atoms with E-state index in [2.05, 4.69) is 10.2 Å². The molecule has 0 bridgehead atoms. The Hall–Kier alpha value is -2.02. The van der Waals surface area contributed by atoms with Gasteiger partial charge in [0.1, 0.15) is 11.3 Å². The van der Waals surface area contributed by atoms with Crippen LogP contribution >= 0.6 is 11.3 Å². The molecule has 0 saturated heterocycles. The van der Waals surface area contributed by atoms with Gasteiger partial charge >= 0.3 is 5.97 Å². The fourth-order valence-corrected chi connectivity index (χ4v) is 2.22. The van der Waals surface area contributed by atoms with Crippen LogP contribution in [0.2, 0.25) is 0 Å². The lowest BCUT2D eigenvalue weighted by Gasteiger charge is -2.20. The zero-order valence-corrected chi connectivity index (χ0v) is 10.8. The van der Waals surface area contributed by atoms with Crippen molar-refractivity contribution in [1.82, 2.24) is 10.2 Å². The van der Waals surface area contributed by atoms with Crippen molar-refractivity contribution in [3.63, 3.8) is 0 Å². The summed E-state index contributed by atoms with van der Waals surface area (Å²) in [6.45, 7) is 0.710. The fraction of sp³-hybridized carbons (Fsp3) is 0.250. The second-order valence-corrected chi connectivity index (χ2v) is 4.73. The second-order valence-electron chi connectivity index (χ2n) is 3.92. The molecule has 19 heavy (non-hydrogen) atoms. The first kappa shape index (κ1) is 13.4. The number of aromatic nitrogens is 2. The summed E-state index contributed by atoms with van der Waals surface area (Å²) in [6.07, 6.45) is -0.00506. The smallest absolute Gasteiger partial charge is 0.305 e. The molecule has 0 aliphatic heterocycles. The highest BCUT2D eigenvalue weighted by Gasteiger charge is 2.12. The van der Waals surface area contributed by atoms with Gasteiger partial charge in [0.25, 0.3) is 0 Å². The van der Waals surface area contributed by atoms with Crippen LogP contribution in [-0.4, -0.2) is 27.8 Å². The Morgan fingerprint density at radius 3 is 2.95 bits per heavy atom. The number of rotatable bonds is 6. The Morgan fingerprint density at radius 1 is 1.47 bits per heavy atom. The zero-order chi connectivity index (χ0) is 13.7. The molecule has 0 saturated carbocycles. The fourth-order valence-electron chi connectivity index (χ4n) is 1.63. The van der Waals surface area contributed by atoms with Gasteiger partial charge in [-0.1, -0.05) is 23.5 Å². The SMILES string of the molecule is O=C(O)CCN(Cc1cccc(F)c1)c1nncs1. The summed E-state index contributed by atoms with van der Waals surface area (Å²) in [5, 5.41) is 17.0. The van der Waals surface area contributed by atoms with Crippen LogP contribution in [-0.2, 0) is 11.3 Å². The third-order valence-corrected chi connectivity index (χ3v) is 3.23. The van der Waals surface area contributed by atoms with Gasteiger partial charge in [0.2, 0.25) is 5.13 Å². The standard InChI is InChI=1S/C12H12FN3O2S/c13-10-3-1-2-9(6-10)7-16(5-4-11(17)18)12-15-14-8-19-12/h1-3,6,8H,4-5,7H2,(H,17,18). The molecule has 1 aromatic carbocycles. The van der Waals surface area contributed by atoms with Crippen molar-refractivity contribution >= 4 is 22.4 Å². The molecule has 0 amide bonds. The van der Waals surface area contributed by atoms with Crippen LogP contribution in [0.4, 0.5) is 9.52 Å². The predicted molar refractivity (Wildman–Crippen MR) is 69.6 cm³/mol. The van der Waals surface area contributed by atoms with Crippen molar-refractivity contribution in [2.24, 2.45) is 0 Å². The molecule has 0 fully saturated rings. The van der Waals surface area contributed by atoms with E-state index in [1.807, 2.05) is 0 Å². The van der Waals surface area contributed by atoms with E-state index in [1.54, 1.807) is 22.5 Å². The van der Waals surface area contributed by atoms with Crippen LogP contribution in [0.1, 0.15) is 12.0 Å². The van der Waals surface area contributed by atoms with E-state index in [1.165, 1.54) is 23.5 Å². The van der Waals surface area contributed by atoms with Gasteiger partial charge in [-0.2, -0.15) is 0 Å². The maximum Gasteiger partial charge on any atom is 0.305 e. The van der Waals surface area contributed by atoms with E-state index in [-0.39, 0.29) is 12.2 Å². The number of hydrogen-bond acceptors (Lipinski definition) is 5. The third kappa shape index (κ3) is 3.99. The number of anilines is 1. The number of benzene rings is 1. The highest BCUT2D eigenvalue weighted by molar-refractivity contribution is 7.13. The van der Waals surface area contributed by atoms with E-state index < -0.39 is 5.97 Å². The Labute approximate surface area is 113 Å². The molecule has 0 aliphatic carbocycles. The van der Waals surface area contributed by atoms with Crippen molar-refractivity contribution in [3.05, 3.63) is 41.2 Å². The van der Waals surface area contributed by atoms with Gasteiger partial charge in [-0.3, -0.25) is 4.79 Å². The van der Waals surface area contributed by atoms with Gasteiger partial charge in [0.15, 0.2) is 0 Å². The Morgan fingerprint density at radius 2 is 2.32 bits per heavy atom. The van der Waals surface area contributed by atoms with Crippen LogP contribution < -0.4 is 4.90 Å². The maximum absolute atomic E-state index is 13.1. The first-order valence-electron chi connectivity index (χ1n) is 5.62. The minimum Gasteiger partial charge on any atom is -0.481 e. The maximum atomic E-state index is 13.1. The molecule has 5 nitrogen and oxygen atoms in total. The van der Waals surface area contributed by atoms with Gasteiger partial charge in [-0.05, 0) is 17.7 Å². The molecule has 0 aliphatic rings. The number of carboxylic acid groups (broad SMARTS) is 1. The van der Waals surface area contributed by atoms with Crippen molar-refractivity contribution in [3.8, 4) is 0 Å². The van der Waals surface area contributed by atoms with Crippen molar-refractivity contribution in [2.45, 2.75) is 13.0 Å². The largest absolute Gasteiger partial charge is 0.481 e. The third-order valence-electron chi connectivity index (χ3n) is 2.48. The number of aliphatic carboxylic acids is 1. The minimum absolute atomic E-state index is 0.00506. The van der Waals surface area contributed by atoms with Crippen LogP contribution in [0.25, 0.3) is 0 Å². The monoisotopic (exact) mass is 281 g/mol. The van der Waals surface area contributed by atoms with Gasteiger partial charge in [-0.25, -0.2) is 4.39 Å². The summed E-state index contributed by atoms with van der Waals surface area (Å²) in [4.78, 5) is 12.4. The van der Waals surface area contributed by atoms with E-state index in [4.69, 9.17) is 5.11 Å². The number of halogens is 1. The van der Waals surface area contributed by atoms with Gasteiger partial charge in [-0.15, -0.1) is 10.2 Å². The van der Waals surface area contributed by atoms with Gasteiger partial charge in [0, 0.05) is 13.1 Å². The number of hydrogen-bond donors (Lipinski definition) is 1. The molecule has 2 aromatic rings. The summed E-state index contributed by atoms with van der Waals surface area (Å²) in [5.74, 6) is -1.19. The number of nitrogens with zero attached hydrogens (tertiary/aromatic N) is 3. The highest BCUT2D eigenvalue weighted by atomic mass is 32.1. The molecule has 7 heteroatoms. The van der Waals surface area contributed by atoms with Gasteiger partial charge in [0.05, 0.1) is 6.42 Å². The summed E-state index contributed by atoms with van der Waals surface area (Å²) in [6, 6.07) is 6.21. The van der Waals surface area contributed by atoms with Crippen molar-refractivity contribution in [1.29, 1.82) is 0 Å². The number of carboxylic acids is 1. The first-order valence-corrected chi connectivity index (χ1v) is 6.50. The lowest BCUT2D eigenvalue weighted by atomic mass is 10.2. The molecule has 2 rings (SSSR count). The number of carbonyl (C=O) groups is 1. The van der Waals surface area contributed by atoms with Crippen molar-refractivity contribution < 1.29 is 14.3 Å². The lowest BCUT2D eigenvalue weighted by Crippen LogP contribution is -2.25. The zero-order valence-electron chi connectivity index (χ0n) is 9.99. The van der Waals surface area contributed by atoms with Crippen LogP contribution in [0.5, 0.6) is 0 Å². The van der Waals surface area contributed by atoms with Crippen molar-refractivity contribution in [2.75, 3.05) is 11.4 Å². The molecule has 100 valence electrons. The lowest BCUT2D eigenvalue weighted by molar-refractivity contribution is -0.136. The van der Waals surface area contributed by atoms with Crippen LogP contribution in [0.3, 0.4) is 0 Å².